The summed E-state index contributed by atoms with van der Waals surface area (Å²) in [5, 5.41) is 7.76. The number of furan rings is 1. The molecule has 6 heteroatoms. The van der Waals surface area contributed by atoms with Gasteiger partial charge < -0.3 is 14.3 Å². The van der Waals surface area contributed by atoms with Gasteiger partial charge in [-0.05, 0) is 51.7 Å². The van der Waals surface area contributed by atoms with Gasteiger partial charge in [0.25, 0.3) is 11.6 Å². The molecule has 1 aliphatic carbocycles. The molecule has 6 nitrogen and oxygen atoms in total. The summed E-state index contributed by atoms with van der Waals surface area (Å²) in [6.07, 6.45) is 4.90. The Kier molecular flexibility index (Phi) is 4.26. The highest BCUT2D eigenvalue weighted by atomic mass is 16.5. The largest absolute Gasteiger partial charge is 0.466 e. The van der Waals surface area contributed by atoms with Crippen LogP contribution in [0.15, 0.2) is 21.1 Å². The van der Waals surface area contributed by atoms with Gasteiger partial charge in [-0.2, -0.15) is 0 Å². The lowest BCUT2D eigenvalue weighted by atomic mass is 10.0. The second-order valence-corrected chi connectivity index (χ2v) is 7.19. The molecule has 26 heavy (non-hydrogen) atoms. The van der Waals surface area contributed by atoms with Crippen LogP contribution in [0.5, 0.6) is 0 Å². The van der Waals surface area contributed by atoms with Crippen molar-refractivity contribution >= 4 is 17.0 Å². The number of aromatic nitrogens is 2. The fourth-order valence-corrected chi connectivity index (χ4v) is 3.84. The van der Waals surface area contributed by atoms with Crippen molar-refractivity contribution in [3.05, 3.63) is 34.9 Å². The van der Waals surface area contributed by atoms with Crippen LogP contribution in [0.1, 0.15) is 53.3 Å². The molecule has 136 valence electrons. The van der Waals surface area contributed by atoms with Gasteiger partial charge in [0.05, 0.1) is 22.3 Å². The molecule has 1 N–H and O–H groups in total. The smallest absolute Gasteiger partial charge is 0.259 e. The Morgan fingerprint density at radius 3 is 2.69 bits per heavy atom. The minimum Gasteiger partial charge on any atom is -0.466 e. The molecule has 0 atom stereocenters. The van der Waals surface area contributed by atoms with Gasteiger partial charge >= 0.3 is 0 Å². The molecular formula is C20H23N3O3. The van der Waals surface area contributed by atoms with Crippen molar-refractivity contribution in [3.8, 4) is 11.3 Å². The third kappa shape index (κ3) is 3.00. The number of aryl methyl sites for hydroxylation is 3. The summed E-state index contributed by atoms with van der Waals surface area (Å²) < 4.78 is 11.0. The fourth-order valence-electron chi connectivity index (χ4n) is 3.84. The number of nitrogens with one attached hydrogen (secondary N) is 1. The van der Waals surface area contributed by atoms with Crippen molar-refractivity contribution in [2.24, 2.45) is 5.92 Å². The Morgan fingerprint density at radius 2 is 2.00 bits per heavy atom. The Morgan fingerprint density at radius 1 is 1.23 bits per heavy atom. The number of nitrogens with zero attached hydrogens (tertiary/aromatic N) is 2. The quantitative estimate of drug-likeness (QED) is 0.755. The van der Waals surface area contributed by atoms with Crippen LogP contribution in [0.3, 0.4) is 0 Å². The molecule has 0 aliphatic heterocycles. The number of hydrogen-bond acceptors (Lipinski definition) is 5. The van der Waals surface area contributed by atoms with E-state index >= 15 is 0 Å². The lowest BCUT2D eigenvalue weighted by Gasteiger charge is -2.11. The number of amides is 1. The molecular weight excluding hydrogens is 330 g/mol. The monoisotopic (exact) mass is 353 g/mol. The van der Waals surface area contributed by atoms with E-state index < -0.39 is 0 Å². The lowest BCUT2D eigenvalue weighted by molar-refractivity contribution is 0.0949. The maximum absolute atomic E-state index is 12.9. The maximum atomic E-state index is 12.9. The van der Waals surface area contributed by atoms with Crippen molar-refractivity contribution < 1.29 is 13.7 Å². The zero-order chi connectivity index (χ0) is 18.3. The zero-order valence-electron chi connectivity index (χ0n) is 15.4. The Hall–Kier alpha value is -2.63. The van der Waals surface area contributed by atoms with Crippen LogP contribution in [0, 0.1) is 26.7 Å². The highest BCUT2D eigenvalue weighted by molar-refractivity contribution is 6.07. The minimum absolute atomic E-state index is 0.102. The maximum Gasteiger partial charge on any atom is 0.259 e. The number of pyridine rings is 1. The van der Waals surface area contributed by atoms with Gasteiger partial charge in [0.1, 0.15) is 11.5 Å². The zero-order valence-corrected chi connectivity index (χ0v) is 15.4. The number of carbonyl (C=O) groups excluding carboxylic acids is 1. The molecule has 0 bridgehead atoms. The Labute approximate surface area is 152 Å². The van der Waals surface area contributed by atoms with E-state index in [0.29, 0.717) is 40.5 Å². The van der Waals surface area contributed by atoms with Crippen LogP contribution in [-0.2, 0) is 0 Å². The van der Waals surface area contributed by atoms with E-state index in [2.05, 4.69) is 15.5 Å². The Bertz CT molecular complexity index is 964. The molecule has 0 radical (unpaired) electrons. The van der Waals surface area contributed by atoms with Crippen molar-refractivity contribution in [1.82, 2.24) is 15.5 Å². The van der Waals surface area contributed by atoms with Gasteiger partial charge in [-0.3, -0.25) is 4.79 Å². The summed E-state index contributed by atoms with van der Waals surface area (Å²) in [5.74, 6) is 2.05. The number of carbonyl (C=O) groups is 1. The van der Waals surface area contributed by atoms with Crippen molar-refractivity contribution in [2.45, 2.75) is 46.5 Å². The van der Waals surface area contributed by atoms with Crippen molar-refractivity contribution in [2.75, 3.05) is 6.54 Å². The molecule has 1 saturated carbocycles. The van der Waals surface area contributed by atoms with E-state index in [-0.39, 0.29) is 5.91 Å². The van der Waals surface area contributed by atoms with Crippen molar-refractivity contribution in [1.29, 1.82) is 0 Å². The van der Waals surface area contributed by atoms with Gasteiger partial charge in [0.2, 0.25) is 0 Å². The first-order valence-electron chi connectivity index (χ1n) is 9.15. The molecule has 1 amide bonds. The summed E-state index contributed by atoms with van der Waals surface area (Å²) in [4.78, 5) is 17.5. The van der Waals surface area contributed by atoms with Gasteiger partial charge in [-0.25, -0.2) is 4.98 Å². The first kappa shape index (κ1) is 16.8. The molecule has 3 aromatic rings. The summed E-state index contributed by atoms with van der Waals surface area (Å²) in [6, 6.07) is 3.74. The molecule has 4 rings (SSSR count). The number of fused-ring (bicyclic) bond motifs is 1. The molecule has 3 aromatic heterocycles. The lowest BCUT2D eigenvalue weighted by Crippen LogP contribution is -2.28. The topological polar surface area (TPSA) is 81.2 Å². The van der Waals surface area contributed by atoms with Gasteiger partial charge in [-0.15, -0.1) is 0 Å². The number of hydrogen-bond donors (Lipinski definition) is 1. The number of rotatable bonds is 4. The molecule has 1 fully saturated rings. The van der Waals surface area contributed by atoms with Crippen LogP contribution in [0.2, 0.25) is 0 Å². The third-order valence-electron chi connectivity index (χ3n) is 5.20. The SMILES string of the molecule is Cc1cc(-c2cc(C(=O)NCC3CCCC3)c3c(C)noc3n2)c(C)o1. The highest BCUT2D eigenvalue weighted by Gasteiger charge is 2.22. The average Bonchev–Trinajstić information content (AvgIpc) is 3.33. The third-order valence-corrected chi connectivity index (χ3v) is 5.20. The van der Waals surface area contributed by atoms with Crippen LogP contribution in [0.4, 0.5) is 0 Å². The van der Waals surface area contributed by atoms with E-state index in [0.717, 1.165) is 17.1 Å². The summed E-state index contributed by atoms with van der Waals surface area (Å²) in [7, 11) is 0. The second kappa shape index (κ2) is 6.59. The van der Waals surface area contributed by atoms with Crippen LogP contribution < -0.4 is 5.32 Å². The second-order valence-electron chi connectivity index (χ2n) is 7.19. The van der Waals surface area contributed by atoms with E-state index in [1.54, 1.807) is 0 Å². The first-order valence-corrected chi connectivity index (χ1v) is 9.15. The van der Waals surface area contributed by atoms with Crippen molar-refractivity contribution in [3.63, 3.8) is 0 Å². The van der Waals surface area contributed by atoms with E-state index in [1.807, 2.05) is 32.9 Å². The van der Waals surface area contributed by atoms with E-state index in [9.17, 15) is 4.79 Å². The summed E-state index contributed by atoms with van der Waals surface area (Å²) >= 11 is 0. The highest BCUT2D eigenvalue weighted by Crippen LogP contribution is 2.30. The molecule has 0 aromatic carbocycles. The first-order chi connectivity index (χ1) is 12.5. The molecule has 1 aliphatic rings. The average molecular weight is 353 g/mol. The predicted octanol–water partition coefficient (Wildman–Crippen LogP) is 4.33. The van der Waals surface area contributed by atoms with Crippen LogP contribution in [-0.4, -0.2) is 22.6 Å². The molecule has 0 unspecified atom stereocenters. The molecule has 0 saturated heterocycles. The van der Waals surface area contributed by atoms with Gasteiger partial charge in [-0.1, -0.05) is 18.0 Å². The molecule has 0 spiro atoms. The van der Waals surface area contributed by atoms with Crippen LogP contribution in [0.25, 0.3) is 22.4 Å². The van der Waals surface area contributed by atoms with E-state index in [4.69, 9.17) is 8.94 Å². The summed E-state index contributed by atoms with van der Waals surface area (Å²) in [6.45, 7) is 6.32. The fraction of sp³-hybridized carbons (Fsp3) is 0.450. The van der Waals surface area contributed by atoms with E-state index in [1.165, 1.54) is 25.7 Å². The summed E-state index contributed by atoms with van der Waals surface area (Å²) in [5.41, 5.74) is 3.13. The predicted molar refractivity (Wildman–Crippen MR) is 98.0 cm³/mol. The van der Waals surface area contributed by atoms with Gasteiger partial charge in [0, 0.05) is 12.1 Å². The Balaban J connectivity index is 1.72. The molecule has 3 heterocycles. The standard InChI is InChI=1S/C20H23N3O3/c1-11-8-15(13(3)25-11)17-9-16(18-12(2)23-26-20(18)22-17)19(24)21-10-14-6-4-5-7-14/h8-9,14H,4-7,10H2,1-3H3,(H,21,24). The minimum atomic E-state index is -0.102. The van der Waals surface area contributed by atoms with Gasteiger partial charge in [0.15, 0.2) is 0 Å². The van der Waals surface area contributed by atoms with Crippen LogP contribution >= 0.6 is 0 Å². The normalized spacial score (nSPS) is 15.0.